The molecule has 0 aliphatic rings. The van der Waals surface area contributed by atoms with Crippen molar-refractivity contribution < 1.29 is 8.83 Å². The van der Waals surface area contributed by atoms with Crippen molar-refractivity contribution in [1.82, 2.24) is 19.1 Å². The maximum atomic E-state index is 6.43. The van der Waals surface area contributed by atoms with Crippen molar-refractivity contribution in [2.24, 2.45) is 0 Å². The Bertz CT molecular complexity index is 3860. The van der Waals surface area contributed by atoms with Crippen molar-refractivity contribution in [3.05, 3.63) is 212 Å². The number of fused-ring (bicyclic) bond motifs is 8. The van der Waals surface area contributed by atoms with Gasteiger partial charge < -0.3 is 22.9 Å². The molecule has 0 bridgehead atoms. The van der Waals surface area contributed by atoms with E-state index in [0.29, 0.717) is 22.9 Å². The monoisotopic (exact) mass is 809 g/mol. The fraction of sp³-hybridized carbons (Fsp3) is 0. The van der Waals surface area contributed by atoms with E-state index in [-0.39, 0.29) is 0 Å². The predicted molar refractivity (Wildman–Crippen MR) is 256 cm³/mol. The molecule has 63 heavy (non-hydrogen) atoms. The van der Waals surface area contributed by atoms with Gasteiger partial charge in [0.05, 0.1) is 22.1 Å². The van der Waals surface area contributed by atoms with E-state index in [1.807, 2.05) is 36.4 Å². The van der Waals surface area contributed by atoms with Gasteiger partial charge in [-0.05, 0) is 121 Å². The van der Waals surface area contributed by atoms with Crippen molar-refractivity contribution >= 4 is 82.9 Å². The summed E-state index contributed by atoms with van der Waals surface area (Å²) in [7, 11) is 0. The number of hydrogen-bond acceptors (Lipinski definition) is 5. The van der Waals surface area contributed by atoms with Gasteiger partial charge in [-0.25, -0.2) is 9.97 Å². The van der Waals surface area contributed by atoms with Gasteiger partial charge in [0.1, 0.15) is 11.0 Å². The Balaban J connectivity index is 0.868. The molecule has 7 nitrogen and oxygen atoms in total. The lowest BCUT2D eigenvalue weighted by atomic mass is 10.1. The van der Waals surface area contributed by atoms with Gasteiger partial charge in [0, 0.05) is 61.1 Å². The first-order valence-corrected chi connectivity index (χ1v) is 21.1. The van der Waals surface area contributed by atoms with Crippen LogP contribution in [0.2, 0.25) is 0 Å². The summed E-state index contributed by atoms with van der Waals surface area (Å²) < 4.78 is 17.5. The van der Waals surface area contributed by atoms with Crippen LogP contribution in [0.5, 0.6) is 0 Å². The summed E-state index contributed by atoms with van der Waals surface area (Å²) >= 11 is 0. The average Bonchev–Trinajstić information content (AvgIpc) is 4.13. The minimum Gasteiger partial charge on any atom is -0.436 e. The van der Waals surface area contributed by atoms with Gasteiger partial charge in [0.25, 0.3) is 0 Å². The molecule has 0 saturated carbocycles. The molecule has 9 aromatic carbocycles. The molecule has 0 unspecified atom stereocenters. The van der Waals surface area contributed by atoms with Crippen LogP contribution in [-0.4, -0.2) is 19.1 Å². The lowest BCUT2D eigenvalue weighted by molar-refractivity contribution is 0.618. The Kier molecular flexibility index (Phi) is 7.77. The second kappa shape index (κ2) is 13.9. The van der Waals surface area contributed by atoms with Gasteiger partial charge in [0.2, 0.25) is 11.8 Å². The van der Waals surface area contributed by atoms with Gasteiger partial charge in [-0.15, -0.1) is 0 Å². The van der Waals surface area contributed by atoms with Crippen molar-refractivity contribution in [3.8, 4) is 34.3 Å². The van der Waals surface area contributed by atoms with Gasteiger partial charge in [0.15, 0.2) is 11.2 Å². The second-order valence-electron chi connectivity index (χ2n) is 15.9. The number of anilines is 3. The Morgan fingerprint density at radius 2 is 0.778 bits per heavy atom. The summed E-state index contributed by atoms with van der Waals surface area (Å²) in [6.07, 6.45) is 0. The maximum Gasteiger partial charge on any atom is 0.227 e. The highest BCUT2D eigenvalue weighted by Crippen LogP contribution is 2.41. The SMILES string of the molecule is c1ccc(N(c2ccc3oc(-c4ccc5oc(-c6ccc7c(c6)c6ccccc6n7-c6ccccc6)nc5c4)nc3c2)c2ccc3c(c2)c2ccccc2n3-c2ccccc2)cc1. The molecular formula is C56H35N5O2. The van der Waals surface area contributed by atoms with Gasteiger partial charge in [-0.2, -0.15) is 0 Å². The summed E-state index contributed by atoms with van der Waals surface area (Å²) in [6, 6.07) is 73.9. The molecule has 13 rings (SSSR count). The van der Waals surface area contributed by atoms with Crippen molar-refractivity contribution in [3.63, 3.8) is 0 Å². The highest BCUT2D eigenvalue weighted by Gasteiger charge is 2.20. The minimum absolute atomic E-state index is 0.519. The van der Waals surface area contributed by atoms with Crippen LogP contribution in [0.3, 0.4) is 0 Å². The highest BCUT2D eigenvalue weighted by atomic mass is 16.4. The van der Waals surface area contributed by atoms with Crippen LogP contribution in [0.15, 0.2) is 221 Å². The molecule has 0 saturated heterocycles. The fourth-order valence-electron chi connectivity index (χ4n) is 9.30. The molecule has 296 valence electrons. The van der Waals surface area contributed by atoms with E-state index in [1.165, 1.54) is 21.7 Å². The largest absolute Gasteiger partial charge is 0.436 e. The van der Waals surface area contributed by atoms with Crippen LogP contribution in [0.25, 0.3) is 100 Å². The summed E-state index contributed by atoms with van der Waals surface area (Å²) in [6.45, 7) is 0. The first kappa shape index (κ1) is 35.1. The Morgan fingerprint density at radius 1 is 0.333 bits per heavy atom. The van der Waals surface area contributed by atoms with E-state index in [0.717, 1.165) is 72.5 Å². The predicted octanol–water partition coefficient (Wildman–Crippen LogP) is 15.0. The van der Waals surface area contributed by atoms with Gasteiger partial charge in [-0.1, -0.05) is 91.0 Å². The van der Waals surface area contributed by atoms with E-state index in [9.17, 15) is 0 Å². The van der Waals surface area contributed by atoms with Crippen molar-refractivity contribution in [1.29, 1.82) is 0 Å². The number of rotatable bonds is 7. The van der Waals surface area contributed by atoms with Gasteiger partial charge in [-0.3, -0.25) is 0 Å². The number of hydrogen-bond donors (Lipinski definition) is 0. The van der Waals surface area contributed by atoms with E-state index in [1.54, 1.807) is 0 Å². The third-order valence-electron chi connectivity index (χ3n) is 12.1. The van der Waals surface area contributed by atoms with E-state index in [2.05, 4.69) is 190 Å². The Hall–Kier alpha value is -8.68. The molecule has 0 amide bonds. The lowest BCUT2D eigenvalue weighted by Gasteiger charge is -2.25. The fourth-order valence-corrected chi connectivity index (χ4v) is 9.30. The minimum atomic E-state index is 0.519. The van der Waals surface area contributed by atoms with Crippen LogP contribution in [-0.2, 0) is 0 Å². The van der Waals surface area contributed by atoms with Crippen LogP contribution in [0.1, 0.15) is 0 Å². The highest BCUT2D eigenvalue weighted by molar-refractivity contribution is 6.11. The van der Waals surface area contributed by atoms with Crippen LogP contribution in [0.4, 0.5) is 17.1 Å². The van der Waals surface area contributed by atoms with E-state index >= 15 is 0 Å². The number of aromatic nitrogens is 4. The molecule has 0 aliphatic carbocycles. The number of para-hydroxylation sites is 5. The summed E-state index contributed by atoms with van der Waals surface area (Å²) in [5, 5.41) is 4.70. The Morgan fingerprint density at radius 3 is 1.41 bits per heavy atom. The maximum absolute atomic E-state index is 6.43. The molecule has 7 heteroatoms. The molecule has 0 spiro atoms. The molecule has 0 aliphatic heterocycles. The first-order valence-electron chi connectivity index (χ1n) is 21.1. The number of nitrogens with zero attached hydrogens (tertiary/aromatic N) is 5. The summed E-state index contributed by atoms with van der Waals surface area (Å²) in [5.74, 6) is 1.08. The lowest BCUT2D eigenvalue weighted by Crippen LogP contribution is -2.09. The molecule has 4 aromatic heterocycles. The number of oxazole rings is 2. The first-order chi connectivity index (χ1) is 31.2. The Labute approximate surface area is 360 Å². The van der Waals surface area contributed by atoms with Gasteiger partial charge >= 0.3 is 0 Å². The van der Waals surface area contributed by atoms with Crippen LogP contribution in [0, 0.1) is 0 Å². The number of benzene rings is 9. The second-order valence-corrected chi connectivity index (χ2v) is 15.9. The molecular weight excluding hydrogens is 775 g/mol. The van der Waals surface area contributed by atoms with E-state index < -0.39 is 0 Å². The van der Waals surface area contributed by atoms with Crippen molar-refractivity contribution in [2.75, 3.05) is 4.90 Å². The smallest absolute Gasteiger partial charge is 0.227 e. The third-order valence-corrected chi connectivity index (χ3v) is 12.1. The molecule has 0 N–H and O–H groups in total. The van der Waals surface area contributed by atoms with Crippen molar-refractivity contribution in [2.45, 2.75) is 0 Å². The zero-order valence-corrected chi connectivity index (χ0v) is 33.8. The zero-order valence-electron chi connectivity index (χ0n) is 33.8. The topological polar surface area (TPSA) is 65.2 Å². The van der Waals surface area contributed by atoms with Crippen LogP contribution < -0.4 is 4.90 Å². The third kappa shape index (κ3) is 5.67. The van der Waals surface area contributed by atoms with Crippen LogP contribution >= 0.6 is 0 Å². The van der Waals surface area contributed by atoms with E-state index in [4.69, 9.17) is 18.8 Å². The molecule has 0 radical (unpaired) electrons. The summed E-state index contributed by atoms with van der Waals surface area (Å²) in [5.41, 5.74) is 14.5. The average molecular weight is 810 g/mol. The zero-order chi connectivity index (χ0) is 41.4. The molecule has 0 fully saturated rings. The quantitative estimate of drug-likeness (QED) is 0.160. The standard InChI is InChI=1S/C56H35N5O2/c1-4-14-38(15-5-1)59(41-26-29-52-46(34-41)44-21-11-13-23-50(44)61(52)40-18-8-3-9-19-40)42-27-31-54-48(35-42)58-56(63-54)37-25-30-53-47(33-37)57-55(62-53)36-24-28-51-45(32-36)43-20-10-12-22-49(43)60(51)39-16-6-2-7-17-39/h1-35H. The summed E-state index contributed by atoms with van der Waals surface area (Å²) in [4.78, 5) is 12.3. The molecule has 13 aromatic rings. The molecule has 0 atom stereocenters. The normalized spacial score (nSPS) is 11.8. The molecule has 4 heterocycles.